The second kappa shape index (κ2) is 9.94. The van der Waals surface area contributed by atoms with Crippen LogP contribution in [0.3, 0.4) is 0 Å². The zero-order chi connectivity index (χ0) is 23.5. The van der Waals surface area contributed by atoms with Gasteiger partial charge in [0.05, 0.1) is 18.5 Å². The Hall–Kier alpha value is -2.54. The van der Waals surface area contributed by atoms with Crippen LogP contribution in [0.2, 0.25) is 0 Å². The highest BCUT2D eigenvalue weighted by Crippen LogP contribution is 2.42. The van der Waals surface area contributed by atoms with E-state index >= 15 is 0 Å². The third-order valence-electron chi connectivity index (χ3n) is 6.24. The van der Waals surface area contributed by atoms with E-state index in [0.29, 0.717) is 36.2 Å². The molecule has 2 unspecified atom stereocenters. The first-order valence-corrected chi connectivity index (χ1v) is 11.2. The maximum atomic E-state index is 14.9. The van der Waals surface area contributed by atoms with E-state index in [0.717, 1.165) is 0 Å². The molecule has 2 aromatic carbocycles. The van der Waals surface area contributed by atoms with Gasteiger partial charge in [-0.2, -0.15) is 0 Å². The summed E-state index contributed by atoms with van der Waals surface area (Å²) in [6, 6.07) is 10.2. The summed E-state index contributed by atoms with van der Waals surface area (Å²) in [5.74, 6) is -4.34. The third kappa shape index (κ3) is 5.09. The molecule has 2 aliphatic heterocycles. The number of hydrogen-bond donors (Lipinski definition) is 1. The van der Waals surface area contributed by atoms with Gasteiger partial charge < -0.3 is 10.0 Å². The number of likely N-dealkylation sites (tertiary alicyclic amines) is 2. The number of hydrogen-bond acceptors (Lipinski definition) is 3. The molecule has 7 heteroatoms. The summed E-state index contributed by atoms with van der Waals surface area (Å²) in [6.45, 7) is 6.37. The van der Waals surface area contributed by atoms with Crippen LogP contribution < -0.4 is 0 Å². The smallest absolute Gasteiger partial charge is 0.267 e. The van der Waals surface area contributed by atoms with Crippen molar-refractivity contribution in [1.82, 2.24) is 9.80 Å². The molecule has 32 heavy (non-hydrogen) atoms. The molecule has 174 valence electrons. The SMILES string of the molecule is CC.Cc1ccc(CN2CCC(N3CCC(c4ccc(O)cc4)C(F)(F)C3)C2=O)cc1F. The number of phenolic OH excluding ortho intramolecular Hbond substituents is 1. The molecule has 4 rings (SSSR count). The number of phenols is 1. The van der Waals surface area contributed by atoms with Crippen molar-refractivity contribution in [2.24, 2.45) is 0 Å². The van der Waals surface area contributed by atoms with Crippen LogP contribution in [0.25, 0.3) is 0 Å². The van der Waals surface area contributed by atoms with E-state index in [1.54, 1.807) is 28.9 Å². The minimum Gasteiger partial charge on any atom is -0.508 e. The zero-order valence-corrected chi connectivity index (χ0v) is 18.8. The van der Waals surface area contributed by atoms with Gasteiger partial charge in [0, 0.05) is 13.1 Å². The fraction of sp³-hybridized carbons (Fsp3) is 0.480. The van der Waals surface area contributed by atoms with Crippen LogP contribution >= 0.6 is 0 Å². The predicted octanol–water partition coefficient (Wildman–Crippen LogP) is 5.09. The van der Waals surface area contributed by atoms with Crippen molar-refractivity contribution < 1.29 is 23.1 Å². The third-order valence-corrected chi connectivity index (χ3v) is 6.24. The molecule has 0 bridgehead atoms. The fourth-order valence-corrected chi connectivity index (χ4v) is 4.52. The molecular weight excluding hydrogens is 417 g/mol. The van der Waals surface area contributed by atoms with E-state index in [-0.39, 0.29) is 30.4 Å². The number of piperidine rings is 1. The Morgan fingerprint density at radius 3 is 2.38 bits per heavy atom. The zero-order valence-electron chi connectivity index (χ0n) is 18.8. The van der Waals surface area contributed by atoms with E-state index < -0.39 is 24.4 Å². The Morgan fingerprint density at radius 2 is 1.75 bits per heavy atom. The number of halogens is 3. The monoisotopic (exact) mass is 448 g/mol. The van der Waals surface area contributed by atoms with Gasteiger partial charge in [0.2, 0.25) is 5.91 Å². The Bertz CT molecular complexity index is 933. The van der Waals surface area contributed by atoms with Crippen LogP contribution in [0.4, 0.5) is 13.2 Å². The molecule has 4 nitrogen and oxygen atoms in total. The number of carbonyl (C=O) groups excluding carboxylic acids is 1. The Morgan fingerprint density at radius 1 is 1.06 bits per heavy atom. The van der Waals surface area contributed by atoms with Crippen molar-refractivity contribution in [2.45, 2.75) is 58.0 Å². The molecule has 0 aromatic heterocycles. The molecule has 1 amide bonds. The van der Waals surface area contributed by atoms with Crippen molar-refractivity contribution >= 4 is 5.91 Å². The van der Waals surface area contributed by atoms with E-state index in [2.05, 4.69) is 0 Å². The predicted molar refractivity (Wildman–Crippen MR) is 118 cm³/mol. The van der Waals surface area contributed by atoms with Gasteiger partial charge >= 0.3 is 0 Å². The number of aromatic hydroxyl groups is 1. The van der Waals surface area contributed by atoms with Crippen LogP contribution in [0, 0.1) is 12.7 Å². The topological polar surface area (TPSA) is 43.8 Å². The van der Waals surface area contributed by atoms with Gasteiger partial charge in [-0.05, 0) is 61.2 Å². The lowest BCUT2D eigenvalue weighted by atomic mass is 9.85. The molecular formula is C25H31F3N2O2. The minimum atomic E-state index is -2.97. The second-order valence-electron chi connectivity index (χ2n) is 8.31. The van der Waals surface area contributed by atoms with E-state index in [4.69, 9.17) is 0 Å². The summed E-state index contributed by atoms with van der Waals surface area (Å²) >= 11 is 0. The van der Waals surface area contributed by atoms with Crippen LogP contribution in [-0.2, 0) is 11.3 Å². The maximum Gasteiger partial charge on any atom is 0.267 e. The largest absolute Gasteiger partial charge is 0.508 e. The maximum absolute atomic E-state index is 14.9. The van der Waals surface area contributed by atoms with Gasteiger partial charge in [-0.3, -0.25) is 9.69 Å². The molecule has 2 aromatic rings. The molecule has 1 N–H and O–H groups in total. The highest BCUT2D eigenvalue weighted by molar-refractivity contribution is 5.84. The molecule has 2 saturated heterocycles. The fourth-order valence-electron chi connectivity index (χ4n) is 4.52. The van der Waals surface area contributed by atoms with Gasteiger partial charge in [-0.25, -0.2) is 13.2 Å². The minimum absolute atomic E-state index is 0.0459. The first kappa shape index (κ1) is 24.1. The van der Waals surface area contributed by atoms with Crippen molar-refractivity contribution in [3.05, 3.63) is 65.0 Å². The van der Waals surface area contributed by atoms with E-state index in [1.807, 2.05) is 13.8 Å². The van der Waals surface area contributed by atoms with E-state index in [9.17, 15) is 23.1 Å². The Kier molecular flexibility index (Phi) is 7.49. The quantitative estimate of drug-likeness (QED) is 0.709. The first-order valence-electron chi connectivity index (χ1n) is 11.2. The highest BCUT2D eigenvalue weighted by atomic mass is 19.3. The number of nitrogens with zero attached hydrogens (tertiary/aromatic N) is 2. The Balaban J connectivity index is 0.00000141. The number of benzene rings is 2. The van der Waals surface area contributed by atoms with Crippen molar-refractivity contribution in [1.29, 1.82) is 0 Å². The molecule has 0 saturated carbocycles. The normalized spacial score (nSPS) is 23.1. The van der Waals surface area contributed by atoms with Crippen LogP contribution in [0.5, 0.6) is 5.75 Å². The average molecular weight is 449 g/mol. The highest BCUT2D eigenvalue weighted by Gasteiger charge is 2.49. The second-order valence-corrected chi connectivity index (χ2v) is 8.31. The first-order chi connectivity index (χ1) is 15.2. The average Bonchev–Trinajstić information content (AvgIpc) is 3.12. The molecule has 0 radical (unpaired) electrons. The van der Waals surface area contributed by atoms with Crippen molar-refractivity contribution in [3.63, 3.8) is 0 Å². The lowest BCUT2D eigenvalue weighted by Crippen LogP contribution is -2.53. The van der Waals surface area contributed by atoms with Gasteiger partial charge in [-0.1, -0.05) is 38.1 Å². The van der Waals surface area contributed by atoms with Crippen LogP contribution in [0.1, 0.15) is 49.3 Å². The summed E-state index contributed by atoms with van der Waals surface area (Å²) in [4.78, 5) is 16.1. The van der Waals surface area contributed by atoms with Gasteiger partial charge in [0.15, 0.2) is 0 Å². The number of alkyl halides is 2. The molecule has 2 aliphatic rings. The molecule has 2 heterocycles. The summed E-state index contributed by atoms with van der Waals surface area (Å²) in [5.41, 5.74) is 1.74. The molecule has 2 atom stereocenters. The van der Waals surface area contributed by atoms with E-state index in [1.165, 1.54) is 30.3 Å². The van der Waals surface area contributed by atoms with Crippen molar-refractivity contribution in [2.75, 3.05) is 19.6 Å². The lowest BCUT2D eigenvalue weighted by molar-refractivity contribution is -0.138. The summed E-state index contributed by atoms with van der Waals surface area (Å²) in [5, 5.41) is 9.40. The van der Waals surface area contributed by atoms with Crippen LogP contribution in [-0.4, -0.2) is 52.4 Å². The molecule has 0 spiro atoms. The standard InChI is InChI=1S/C23H25F3N2O2.C2H6/c1-15-2-3-16(12-20(15)24)13-27-11-9-21(22(27)30)28-10-8-19(23(25,26)14-28)17-4-6-18(29)7-5-17;1-2/h2-7,12,19,21,29H,8-11,13-14H2,1H3;1-2H3. The Labute approximate surface area is 187 Å². The summed E-state index contributed by atoms with van der Waals surface area (Å²) < 4.78 is 43.7. The summed E-state index contributed by atoms with van der Waals surface area (Å²) in [7, 11) is 0. The van der Waals surface area contributed by atoms with Gasteiger partial charge in [0.25, 0.3) is 5.92 Å². The summed E-state index contributed by atoms with van der Waals surface area (Å²) in [6.07, 6.45) is 0.734. The number of carbonyl (C=O) groups is 1. The molecule has 0 aliphatic carbocycles. The molecule has 2 fully saturated rings. The van der Waals surface area contributed by atoms with Crippen molar-refractivity contribution in [3.8, 4) is 5.75 Å². The van der Waals surface area contributed by atoms with Gasteiger partial charge in [-0.15, -0.1) is 0 Å². The number of rotatable bonds is 4. The lowest BCUT2D eigenvalue weighted by Gasteiger charge is -2.40. The van der Waals surface area contributed by atoms with Gasteiger partial charge in [0.1, 0.15) is 11.6 Å². The van der Waals surface area contributed by atoms with Crippen LogP contribution in [0.15, 0.2) is 42.5 Å². The number of aryl methyl sites for hydroxylation is 1. The number of amides is 1.